The second kappa shape index (κ2) is 21.5. The maximum absolute atomic E-state index is 10.7. The Labute approximate surface area is 206 Å². The molecule has 0 aliphatic heterocycles. The van der Waals surface area contributed by atoms with Crippen LogP contribution in [0.2, 0.25) is 0 Å². The van der Waals surface area contributed by atoms with Gasteiger partial charge in [0.1, 0.15) is 0 Å². The third kappa shape index (κ3) is 55.3. The van der Waals surface area contributed by atoms with E-state index in [0.29, 0.717) is 0 Å². The second-order valence-corrected chi connectivity index (χ2v) is 11.3. The minimum atomic E-state index is -5.55. The van der Waals surface area contributed by atoms with Gasteiger partial charge in [-0.2, -0.15) is 0 Å². The van der Waals surface area contributed by atoms with E-state index in [9.17, 15) is 19.1 Å². The molecule has 0 fully saturated rings. The zero-order valence-electron chi connectivity index (χ0n) is 16.2. The first-order valence-corrected chi connectivity index (χ1v) is 13.8. The summed E-state index contributed by atoms with van der Waals surface area (Å²) < 4.78 is 47.9. The summed E-state index contributed by atoms with van der Waals surface area (Å²) in [6, 6.07) is 0. The van der Waals surface area contributed by atoms with E-state index in [4.69, 9.17) is 78.1 Å². The number of phosphoric acid groups is 3. The van der Waals surface area contributed by atoms with Crippen molar-refractivity contribution in [3.8, 4) is 0 Å². The third-order valence-corrected chi connectivity index (χ3v) is 5.46. The standard InChI is InChI=1S/C4H13NO7P2.Na.3H3O4P.3H2O/c5-3-1-2-4(6,13(7,8)9)14(10,11)12;;3*1-5(2,3)4;;;/h6H,1-3,5H2,(H2,7,8,9)(H2,10,11,12);;3*(H3,1,2,3,4);3*1H2/q;+1;;;;;;/p-1. The molecule has 0 aliphatic carbocycles. The molecule has 0 bridgehead atoms. The molecule has 0 aromatic carbocycles. The topological polar surface area (TPSA) is 492 Å². The van der Waals surface area contributed by atoms with Crippen molar-refractivity contribution in [1.29, 1.82) is 0 Å². The molecule has 2 atom stereocenters. The molecule has 0 radical (unpaired) electrons. The van der Waals surface area contributed by atoms with Crippen LogP contribution >= 0.6 is 38.7 Å². The number of aliphatic hydroxyl groups is 1. The molecule has 21 N–H and O–H groups in total. The molecule has 0 heterocycles. The average Bonchev–Trinajstić information content (AvgIpc) is 2.26. The molecule has 23 nitrogen and oxygen atoms in total. The van der Waals surface area contributed by atoms with E-state index in [2.05, 4.69) is 0 Å². The molecule has 0 amide bonds. The van der Waals surface area contributed by atoms with E-state index in [1.807, 2.05) is 0 Å². The molecule has 0 aromatic rings. The Hall–Kier alpha value is 1.43. The summed E-state index contributed by atoms with van der Waals surface area (Å²) in [4.78, 5) is 101. The predicted octanol–water partition coefficient (Wildman–Crippen LogP) is -10.2. The molecule has 0 rings (SSSR count). The summed E-state index contributed by atoms with van der Waals surface area (Å²) >= 11 is 0. The Balaban J connectivity index is -0.0000000464. The zero-order chi connectivity index (χ0) is 25.1. The molecule has 0 saturated heterocycles. The molecule has 0 aromatic heterocycles. The van der Waals surface area contributed by atoms with Gasteiger partial charge < -0.3 is 95.4 Å². The monoisotopic (exact) mass is 619 g/mol. The summed E-state index contributed by atoms with van der Waals surface area (Å²) in [6.07, 6.45) is -0.959. The fourth-order valence-electron chi connectivity index (χ4n) is 0.791. The molecule has 0 aliphatic rings. The zero-order valence-corrected chi connectivity index (χ0v) is 22.7. The predicted molar refractivity (Wildman–Crippen MR) is 98.7 cm³/mol. The van der Waals surface area contributed by atoms with Gasteiger partial charge in [-0.25, -0.2) is 13.7 Å². The van der Waals surface area contributed by atoms with Crippen LogP contribution in [0.5, 0.6) is 0 Å². The summed E-state index contributed by atoms with van der Waals surface area (Å²) in [5.41, 5.74) is 4.98. The van der Waals surface area contributed by atoms with Gasteiger partial charge in [-0.1, -0.05) is 0 Å². The van der Waals surface area contributed by atoms with Crippen molar-refractivity contribution in [1.82, 2.24) is 0 Å². The summed E-state index contributed by atoms with van der Waals surface area (Å²) in [7, 11) is -24.8. The van der Waals surface area contributed by atoms with Crippen LogP contribution in [0.3, 0.4) is 0 Å². The Bertz CT molecular complexity index is 587. The number of rotatable bonds is 5. The van der Waals surface area contributed by atoms with Crippen LogP contribution in [0.15, 0.2) is 0 Å². The van der Waals surface area contributed by atoms with E-state index in [1.54, 1.807) is 0 Å². The van der Waals surface area contributed by atoms with Gasteiger partial charge in [0, 0.05) is 0 Å². The Morgan fingerprint density at radius 3 is 0.909 bits per heavy atom. The van der Waals surface area contributed by atoms with Gasteiger partial charge in [-0.05, 0) is 19.4 Å². The Morgan fingerprint density at radius 2 is 0.818 bits per heavy atom. The van der Waals surface area contributed by atoms with Crippen LogP contribution < -0.4 is 40.2 Å². The van der Waals surface area contributed by atoms with Crippen molar-refractivity contribution < 1.29 is 138 Å². The minimum Gasteiger partial charge on any atom is -0.776 e. The molecule has 206 valence electrons. The maximum Gasteiger partial charge on any atom is 1.00 e. The molecular weight excluding hydrogens is 592 g/mol. The van der Waals surface area contributed by atoms with Gasteiger partial charge >= 0.3 is 60.6 Å². The van der Waals surface area contributed by atoms with Crippen LogP contribution in [-0.2, 0) is 22.8 Å². The van der Waals surface area contributed by atoms with E-state index in [0.717, 1.165) is 0 Å². The first-order chi connectivity index (χ1) is 12.1. The van der Waals surface area contributed by atoms with E-state index >= 15 is 0 Å². The van der Waals surface area contributed by atoms with Gasteiger partial charge in [-0.3, -0.25) is 4.57 Å². The average molecular weight is 619 g/mol. The Kier molecular flexibility index (Phi) is 35.9. The summed E-state index contributed by atoms with van der Waals surface area (Å²) in [5, 5.41) is 5.74. The van der Waals surface area contributed by atoms with Crippen LogP contribution in [0, 0.1) is 0 Å². The SMILES string of the molecule is NCCCC(O)(P(=O)([O-])O)P(=O)(O)O.O.O.O.O=P(O)(O)O.O=P(O)(O)O.O=P(O)(O)O.[Na+]. The molecule has 2 unspecified atom stereocenters. The minimum absolute atomic E-state index is 0. The van der Waals surface area contributed by atoms with Gasteiger partial charge in [0.05, 0.1) is 0 Å². The van der Waals surface area contributed by atoms with Crippen molar-refractivity contribution >= 4 is 38.7 Å². The molecule has 0 spiro atoms. The number of nitrogens with two attached hydrogens (primary N) is 1. The van der Waals surface area contributed by atoms with E-state index in [1.165, 1.54) is 0 Å². The van der Waals surface area contributed by atoms with Crippen molar-refractivity contribution in [2.45, 2.75) is 17.9 Å². The van der Waals surface area contributed by atoms with E-state index < -0.39 is 50.2 Å². The van der Waals surface area contributed by atoms with Crippen molar-refractivity contribution in [3.05, 3.63) is 0 Å². The largest absolute Gasteiger partial charge is 1.00 e. The summed E-state index contributed by atoms with van der Waals surface area (Å²) in [5.74, 6) is 0. The third-order valence-electron chi connectivity index (χ3n) is 1.64. The van der Waals surface area contributed by atoms with Crippen LogP contribution in [0.1, 0.15) is 12.8 Å². The van der Waals surface area contributed by atoms with Crippen molar-refractivity contribution in [2.75, 3.05) is 6.54 Å². The van der Waals surface area contributed by atoms with Crippen LogP contribution in [0.4, 0.5) is 0 Å². The fourth-order valence-corrected chi connectivity index (χ4v) is 3.00. The quantitative estimate of drug-likeness (QED) is 0.100. The second-order valence-electron chi connectivity index (χ2n) is 4.27. The van der Waals surface area contributed by atoms with Crippen LogP contribution in [0.25, 0.3) is 0 Å². The van der Waals surface area contributed by atoms with Gasteiger partial charge in [0.25, 0.3) is 0 Å². The number of hydrogen-bond acceptors (Lipinski definition) is 8. The molecule has 33 heavy (non-hydrogen) atoms. The van der Waals surface area contributed by atoms with Gasteiger partial charge in [-0.15, -0.1) is 0 Å². The normalized spacial score (nSPS) is 14.4. The van der Waals surface area contributed by atoms with E-state index in [-0.39, 0.29) is 59.0 Å². The maximum atomic E-state index is 10.7. The van der Waals surface area contributed by atoms with Gasteiger partial charge in [0.15, 0.2) is 7.60 Å². The van der Waals surface area contributed by atoms with Crippen molar-refractivity contribution in [3.63, 3.8) is 0 Å². The summed E-state index contributed by atoms with van der Waals surface area (Å²) in [6.45, 7) is -0.0672. The smallest absolute Gasteiger partial charge is 0.776 e. The number of hydrogen-bond donors (Lipinski definition) is 14. The molecule has 29 heteroatoms. The first-order valence-electron chi connectivity index (χ1n) is 5.93. The Morgan fingerprint density at radius 1 is 0.636 bits per heavy atom. The molecule has 0 saturated carbocycles. The van der Waals surface area contributed by atoms with Crippen molar-refractivity contribution in [2.24, 2.45) is 5.73 Å². The first kappa shape index (κ1) is 55.1. The van der Waals surface area contributed by atoms with Crippen LogP contribution in [-0.4, -0.2) is 91.9 Å². The molecular formula is C4H27NNaO22P5. The van der Waals surface area contributed by atoms with Gasteiger partial charge in [0.2, 0.25) is 5.08 Å². The fraction of sp³-hybridized carbons (Fsp3) is 1.00.